The molecule has 2 heterocycles. The van der Waals surface area contributed by atoms with E-state index in [0.717, 1.165) is 11.1 Å². The fraction of sp³-hybridized carbons (Fsp3) is 0.400. The van der Waals surface area contributed by atoms with E-state index in [1.807, 2.05) is 12.1 Å². The molecule has 1 saturated heterocycles. The van der Waals surface area contributed by atoms with Gasteiger partial charge < -0.3 is 40.3 Å². The lowest BCUT2D eigenvalue weighted by Crippen LogP contribution is -2.69. The van der Waals surface area contributed by atoms with E-state index in [2.05, 4.69) is 15.6 Å². The zero-order valence-electron chi connectivity index (χ0n) is 20.4. The number of amides is 1. The van der Waals surface area contributed by atoms with Gasteiger partial charge >= 0.3 is 0 Å². The van der Waals surface area contributed by atoms with Crippen molar-refractivity contribution in [3.63, 3.8) is 0 Å². The van der Waals surface area contributed by atoms with Gasteiger partial charge in [-0.3, -0.25) is 4.79 Å². The summed E-state index contributed by atoms with van der Waals surface area (Å²) in [4.78, 5) is 12.0. The summed E-state index contributed by atoms with van der Waals surface area (Å²) in [5, 5.41) is 61.8. The molecule has 0 aliphatic carbocycles. The highest BCUT2D eigenvalue weighted by Crippen LogP contribution is 2.35. The van der Waals surface area contributed by atoms with Crippen molar-refractivity contribution < 1.29 is 39.8 Å². The number of ether oxygens (including phenoxy) is 2. The Morgan fingerprint density at radius 2 is 1.95 bits per heavy atom. The number of nitrogens with zero attached hydrogens (tertiary/aromatic N) is 3. The molecule has 1 aromatic heterocycles. The molecular weight excluding hydrogens is 484 g/mol. The number of rotatable bonds is 8. The van der Waals surface area contributed by atoms with E-state index in [1.165, 1.54) is 10.9 Å². The van der Waals surface area contributed by atoms with E-state index in [-0.39, 0.29) is 24.8 Å². The van der Waals surface area contributed by atoms with Crippen molar-refractivity contribution in [1.29, 1.82) is 0 Å². The summed E-state index contributed by atoms with van der Waals surface area (Å²) >= 11 is 0. The normalized spacial score (nSPS) is 25.6. The minimum atomic E-state index is -2.20. The van der Waals surface area contributed by atoms with Gasteiger partial charge in [-0.05, 0) is 47.9 Å². The molecule has 12 nitrogen and oxygen atoms in total. The van der Waals surface area contributed by atoms with Crippen molar-refractivity contribution in [3.8, 4) is 16.9 Å². The first-order valence-corrected chi connectivity index (χ1v) is 11.6. The molecule has 2 unspecified atom stereocenters. The van der Waals surface area contributed by atoms with Crippen LogP contribution in [0.4, 0.5) is 0 Å². The van der Waals surface area contributed by atoms with Gasteiger partial charge in [-0.1, -0.05) is 23.4 Å². The molecule has 1 fully saturated rings. The van der Waals surface area contributed by atoms with Crippen LogP contribution in [0.1, 0.15) is 21.6 Å². The minimum absolute atomic E-state index is 0.204. The first-order chi connectivity index (χ1) is 17.7. The number of carbonyl (C=O) groups excluding carboxylic acids is 1. The molecule has 4 rings (SSSR count). The molecule has 5 atom stereocenters. The van der Waals surface area contributed by atoms with Gasteiger partial charge in [-0.2, -0.15) is 0 Å². The fourth-order valence-electron chi connectivity index (χ4n) is 4.25. The average molecular weight is 515 g/mol. The maximum absolute atomic E-state index is 12.0. The molecule has 1 amide bonds. The number of nitrogens with one attached hydrogen (secondary N) is 1. The summed E-state index contributed by atoms with van der Waals surface area (Å²) in [7, 11) is 1.56. The van der Waals surface area contributed by atoms with Gasteiger partial charge in [0.15, 0.2) is 5.60 Å². The van der Waals surface area contributed by atoms with Crippen LogP contribution >= 0.6 is 0 Å². The van der Waals surface area contributed by atoms with Gasteiger partial charge in [0.05, 0.1) is 26.0 Å². The molecule has 1 aliphatic rings. The van der Waals surface area contributed by atoms with Gasteiger partial charge in [0.25, 0.3) is 5.91 Å². The van der Waals surface area contributed by atoms with Gasteiger partial charge in [0.1, 0.15) is 29.8 Å². The standard InChI is InChI=1S/C25H30N4O8/c1-14-8-16(15-4-3-5-17(9-15)23(34)26-2)6-7-19(14)36-24-25(35,13-29-10-18(11-30)27-28-29)22(33)21(32)20(12-31)37-24/h3-10,20-22,24,30-33,35H,11-13H2,1-2H3,(H,26,34)/t20?,21-,22?,24+,25+/m1/s1. The van der Waals surface area contributed by atoms with Gasteiger partial charge in [-0.25, -0.2) is 4.68 Å². The van der Waals surface area contributed by atoms with E-state index in [4.69, 9.17) is 9.47 Å². The van der Waals surface area contributed by atoms with E-state index < -0.39 is 36.8 Å². The predicted octanol–water partition coefficient (Wildman–Crippen LogP) is -0.645. The lowest BCUT2D eigenvalue weighted by atomic mass is 9.86. The van der Waals surface area contributed by atoms with Crippen molar-refractivity contribution in [3.05, 3.63) is 65.5 Å². The molecule has 2 aromatic carbocycles. The van der Waals surface area contributed by atoms with Crippen molar-refractivity contribution in [2.75, 3.05) is 13.7 Å². The predicted molar refractivity (Wildman–Crippen MR) is 129 cm³/mol. The highest BCUT2D eigenvalue weighted by atomic mass is 16.7. The topological polar surface area (TPSA) is 179 Å². The third kappa shape index (κ3) is 5.34. The zero-order valence-corrected chi connectivity index (χ0v) is 20.4. The average Bonchev–Trinajstić information content (AvgIpc) is 3.37. The Balaban J connectivity index is 1.63. The molecule has 6 N–H and O–H groups in total. The summed E-state index contributed by atoms with van der Waals surface area (Å²) in [5.41, 5.74) is 0.854. The molecule has 12 heteroatoms. The molecule has 0 saturated carbocycles. The lowest BCUT2D eigenvalue weighted by molar-refractivity contribution is -0.324. The van der Waals surface area contributed by atoms with Crippen LogP contribution in [0.3, 0.4) is 0 Å². The van der Waals surface area contributed by atoms with Crippen LogP contribution in [-0.4, -0.2) is 90.3 Å². The summed E-state index contributed by atoms with van der Waals surface area (Å²) in [6.07, 6.45) is -4.72. The van der Waals surface area contributed by atoms with E-state index in [1.54, 1.807) is 44.3 Å². The number of aliphatic hydroxyl groups excluding tert-OH is 4. The molecule has 0 bridgehead atoms. The molecule has 37 heavy (non-hydrogen) atoms. The number of aromatic nitrogens is 3. The summed E-state index contributed by atoms with van der Waals surface area (Å²) in [6.45, 7) is 0.406. The van der Waals surface area contributed by atoms with E-state index >= 15 is 0 Å². The Hall–Kier alpha value is -3.39. The second-order valence-electron chi connectivity index (χ2n) is 8.94. The van der Waals surface area contributed by atoms with Crippen LogP contribution in [0.5, 0.6) is 5.75 Å². The van der Waals surface area contributed by atoms with Gasteiger partial charge in [0.2, 0.25) is 6.29 Å². The summed E-state index contributed by atoms with van der Waals surface area (Å²) in [5.74, 6) is 0.120. The lowest BCUT2D eigenvalue weighted by Gasteiger charge is -2.47. The quantitative estimate of drug-likeness (QED) is 0.226. The molecule has 0 radical (unpaired) electrons. The number of aliphatic hydroxyl groups is 5. The summed E-state index contributed by atoms with van der Waals surface area (Å²) in [6, 6.07) is 12.4. The minimum Gasteiger partial charge on any atom is -0.461 e. The fourth-order valence-corrected chi connectivity index (χ4v) is 4.25. The number of carbonyl (C=O) groups is 1. The Morgan fingerprint density at radius 3 is 2.59 bits per heavy atom. The van der Waals surface area contributed by atoms with Gasteiger partial charge in [-0.15, -0.1) is 5.10 Å². The van der Waals surface area contributed by atoms with Crippen LogP contribution in [0.15, 0.2) is 48.7 Å². The number of aryl methyl sites for hydroxylation is 1. The Morgan fingerprint density at radius 1 is 1.19 bits per heavy atom. The zero-order chi connectivity index (χ0) is 26.7. The Kier molecular flexibility index (Phi) is 7.87. The highest BCUT2D eigenvalue weighted by Gasteiger charge is 2.56. The van der Waals surface area contributed by atoms with Crippen LogP contribution in [0, 0.1) is 6.92 Å². The van der Waals surface area contributed by atoms with E-state index in [9.17, 15) is 30.3 Å². The van der Waals surface area contributed by atoms with Crippen molar-refractivity contribution in [1.82, 2.24) is 20.3 Å². The molecule has 3 aromatic rings. The number of hydrogen-bond acceptors (Lipinski definition) is 10. The second kappa shape index (κ2) is 10.9. The van der Waals surface area contributed by atoms with Crippen LogP contribution in [0.2, 0.25) is 0 Å². The van der Waals surface area contributed by atoms with Crippen molar-refractivity contribution in [2.24, 2.45) is 0 Å². The third-order valence-corrected chi connectivity index (χ3v) is 6.36. The first kappa shape index (κ1) is 26.7. The first-order valence-electron chi connectivity index (χ1n) is 11.6. The SMILES string of the molecule is CNC(=O)c1cccc(-c2ccc(O[C@H]3OC(CO)[C@@H](O)C(O)[C@@]3(O)Cn3cc(CO)nn3)c(C)c2)c1. The highest BCUT2D eigenvalue weighted by molar-refractivity contribution is 5.95. The molecule has 198 valence electrons. The molecular formula is C25H30N4O8. The second-order valence-corrected chi connectivity index (χ2v) is 8.94. The van der Waals surface area contributed by atoms with Crippen molar-refractivity contribution in [2.45, 2.75) is 50.3 Å². The largest absolute Gasteiger partial charge is 0.461 e. The maximum Gasteiger partial charge on any atom is 0.251 e. The summed E-state index contributed by atoms with van der Waals surface area (Å²) < 4.78 is 12.9. The van der Waals surface area contributed by atoms with Gasteiger partial charge in [0, 0.05) is 12.6 Å². The molecule has 0 spiro atoms. The van der Waals surface area contributed by atoms with Crippen LogP contribution in [0.25, 0.3) is 11.1 Å². The maximum atomic E-state index is 12.0. The Labute approximate surface area is 212 Å². The van der Waals surface area contributed by atoms with Crippen LogP contribution in [-0.2, 0) is 17.9 Å². The van der Waals surface area contributed by atoms with E-state index in [0.29, 0.717) is 16.9 Å². The number of hydrogen-bond donors (Lipinski definition) is 6. The monoisotopic (exact) mass is 514 g/mol. The number of benzene rings is 2. The smallest absolute Gasteiger partial charge is 0.251 e. The molecule has 1 aliphatic heterocycles. The third-order valence-electron chi connectivity index (χ3n) is 6.36. The van der Waals surface area contributed by atoms with Crippen molar-refractivity contribution >= 4 is 5.91 Å². The Bertz CT molecular complexity index is 1250. The van der Waals surface area contributed by atoms with Crippen LogP contribution < -0.4 is 10.1 Å².